The van der Waals surface area contributed by atoms with Gasteiger partial charge in [0.2, 0.25) is 11.8 Å². The Balaban J connectivity index is 1.77. The summed E-state index contributed by atoms with van der Waals surface area (Å²) in [6.07, 6.45) is 3.83. The number of ether oxygens (including phenoxy) is 1. The molecule has 1 aliphatic rings. The van der Waals surface area contributed by atoms with E-state index in [1.165, 1.54) is 6.92 Å². The predicted octanol–water partition coefficient (Wildman–Crippen LogP) is 3.60. The number of hydrogen-bond donors (Lipinski definition) is 1. The molecule has 0 saturated heterocycles. The lowest BCUT2D eigenvalue weighted by Gasteiger charge is -2.32. The van der Waals surface area contributed by atoms with Crippen LogP contribution in [0.5, 0.6) is 5.75 Å². The largest absolute Gasteiger partial charge is 0.497 e. The second kappa shape index (κ2) is 7.21. The lowest BCUT2D eigenvalue weighted by atomic mass is 9.93. The molecule has 3 rings (SSSR count). The zero-order valence-electron chi connectivity index (χ0n) is 14.2. The first-order valence-electron chi connectivity index (χ1n) is 8.08. The predicted molar refractivity (Wildman–Crippen MR) is 97.0 cm³/mol. The van der Waals surface area contributed by atoms with Gasteiger partial charge in [0.1, 0.15) is 5.75 Å². The van der Waals surface area contributed by atoms with E-state index in [1.807, 2.05) is 30.3 Å². The Labute approximate surface area is 146 Å². The molecule has 5 nitrogen and oxygen atoms in total. The first-order valence-corrected chi connectivity index (χ1v) is 8.08. The minimum absolute atomic E-state index is 0.0898. The van der Waals surface area contributed by atoms with Crippen LogP contribution < -0.4 is 10.1 Å². The van der Waals surface area contributed by atoms with Crippen LogP contribution in [0.25, 0.3) is 6.08 Å². The summed E-state index contributed by atoms with van der Waals surface area (Å²) < 4.78 is 5.11. The highest BCUT2D eigenvalue weighted by Crippen LogP contribution is 2.33. The number of fused-ring (bicyclic) bond motifs is 1. The van der Waals surface area contributed by atoms with Gasteiger partial charge in [-0.15, -0.1) is 0 Å². The summed E-state index contributed by atoms with van der Waals surface area (Å²) in [7, 11) is 1.60. The molecule has 0 aliphatic carbocycles. The first kappa shape index (κ1) is 16.8. The molecule has 2 aromatic carbocycles. The summed E-state index contributed by atoms with van der Waals surface area (Å²) in [6.45, 7) is 1.51. The Morgan fingerprint density at radius 1 is 1.12 bits per heavy atom. The molecule has 0 unspecified atom stereocenters. The highest BCUT2D eigenvalue weighted by atomic mass is 16.5. The van der Waals surface area contributed by atoms with Crippen molar-refractivity contribution >= 4 is 23.6 Å². The van der Waals surface area contributed by atoms with Crippen molar-refractivity contribution in [1.82, 2.24) is 4.90 Å². The van der Waals surface area contributed by atoms with Gasteiger partial charge in [0.05, 0.1) is 19.6 Å². The Hall–Kier alpha value is -3.08. The molecular weight excluding hydrogens is 316 g/mol. The topological polar surface area (TPSA) is 58.6 Å². The van der Waals surface area contributed by atoms with Gasteiger partial charge in [-0.1, -0.05) is 24.3 Å². The van der Waals surface area contributed by atoms with E-state index in [1.54, 1.807) is 42.5 Å². The maximum Gasteiger partial charge on any atom is 0.226 e. The molecule has 5 heteroatoms. The first-order chi connectivity index (χ1) is 12.1. The molecular formula is C20H20N2O3. The number of anilines is 1. The smallest absolute Gasteiger partial charge is 0.226 e. The number of amides is 2. The number of hydrogen-bond acceptors (Lipinski definition) is 3. The van der Waals surface area contributed by atoms with Crippen molar-refractivity contribution in [2.45, 2.75) is 19.4 Å². The molecule has 0 spiro atoms. The van der Waals surface area contributed by atoms with Crippen molar-refractivity contribution in [1.29, 1.82) is 0 Å². The Morgan fingerprint density at radius 3 is 2.52 bits per heavy atom. The van der Waals surface area contributed by atoms with Gasteiger partial charge < -0.3 is 15.0 Å². The Morgan fingerprint density at radius 2 is 1.84 bits per heavy atom. The fourth-order valence-corrected chi connectivity index (χ4v) is 2.98. The number of nitrogens with zero attached hydrogens (tertiary/aromatic N) is 1. The van der Waals surface area contributed by atoms with Crippen molar-refractivity contribution in [3.8, 4) is 5.75 Å². The van der Waals surface area contributed by atoms with Crippen LogP contribution in [-0.2, 0) is 9.59 Å². The molecule has 1 heterocycles. The normalized spacial score (nSPS) is 15.4. The standard InChI is InChI=1S/C20H20N2O3/c1-14(23)22-12-11-15-5-3-4-6-18(15)19(22)13-20(24)21-16-7-9-17(25-2)10-8-16/h3-12,19H,13H2,1-2H3,(H,21,24)/t19-/m0/s1. The summed E-state index contributed by atoms with van der Waals surface area (Å²) in [6, 6.07) is 14.6. The number of methoxy groups -OCH3 is 1. The Kier molecular flexibility index (Phi) is 4.84. The van der Waals surface area contributed by atoms with E-state index in [0.29, 0.717) is 5.69 Å². The number of carbonyl (C=O) groups excluding carboxylic acids is 2. The van der Waals surface area contributed by atoms with E-state index in [0.717, 1.165) is 16.9 Å². The molecule has 2 amide bonds. The molecule has 128 valence electrons. The van der Waals surface area contributed by atoms with Crippen LogP contribution in [0.4, 0.5) is 5.69 Å². The van der Waals surface area contributed by atoms with Crippen LogP contribution >= 0.6 is 0 Å². The average Bonchev–Trinajstić information content (AvgIpc) is 2.62. The average molecular weight is 336 g/mol. The zero-order chi connectivity index (χ0) is 17.8. The fourth-order valence-electron chi connectivity index (χ4n) is 2.98. The van der Waals surface area contributed by atoms with Crippen LogP contribution in [0.15, 0.2) is 54.7 Å². The molecule has 25 heavy (non-hydrogen) atoms. The van der Waals surface area contributed by atoms with E-state index >= 15 is 0 Å². The lowest BCUT2D eigenvalue weighted by molar-refractivity contribution is -0.129. The number of rotatable bonds is 4. The molecule has 1 atom stereocenters. The van der Waals surface area contributed by atoms with Crippen LogP contribution in [0.2, 0.25) is 0 Å². The second-order valence-corrected chi connectivity index (χ2v) is 5.87. The lowest BCUT2D eigenvalue weighted by Crippen LogP contribution is -2.33. The quantitative estimate of drug-likeness (QED) is 0.928. The maximum atomic E-state index is 12.5. The minimum Gasteiger partial charge on any atom is -0.497 e. The van der Waals surface area contributed by atoms with E-state index < -0.39 is 0 Å². The van der Waals surface area contributed by atoms with Gasteiger partial charge in [0, 0.05) is 18.8 Å². The van der Waals surface area contributed by atoms with Gasteiger partial charge in [-0.25, -0.2) is 0 Å². The summed E-state index contributed by atoms with van der Waals surface area (Å²) in [5, 5.41) is 2.87. The second-order valence-electron chi connectivity index (χ2n) is 5.87. The maximum absolute atomic E-state index is 12.5. The van der Waals surface area contributed by atoms with Crippen LogP contribution in [0.1, 0.15) is 30.5 Å². The highest BCUT2D eigenvalue weighted by molar-refractivity contribution is 5.92. The summed E-state index contributed by atoms with van der Waals surface area (Å²) in [5.74, 6) is 0.492. The number of nitrogens with one attached hydrogen (secondary N) is 1. The summed E-state index contributed by atoms with van der Waals surface area (Å²) in [5.41, 5.74) is 2.70. The SMILES string of the molecule is COc1ccc(NC(=O)C[C@H]2c3ccccc3C=CN2C(C)=O)cc1. The number of benzene rings is 2. The van der Waals surface area contributed by atoms with Crippen LogP contribution in [0, 0.1) is 0 Å². The minimum atomic E-state index is -0.308. The number of carbonyl (C=O) groups is 2. The summed E-state index contributed by atoms with van der Waals surface area (Å²) in [4.78, 5) is 26.1. The third-order valence-electron chi connectivity index (χ3n) is 4.22. The van der Waals surface area contributed by atoms with E-state index in [9.17, 15) is 9.59 Å². The fraction of sp³-hybridized carbons (Fsp3) is 0.200. The monoisotopic (exact) mass is 336 g/mol. The van der Waals surface area contributed by atoms with Crippen molar-refractivity contribution in [2.75, 3.05) is 12.4 Å². The van der Waals surface area contributed by atoms with Crippen molar-refractivity contribution in [3.05, 3.63) is 65.9 Å². The van der Waals surface area contributed by atoms with Crippen LogP contribution in [0.3, 0.4) is 0 Å². The third-order valence-corrected chi connectivity index (χ3v) is 4.22. The van der Waals surface area contributed by atoms with Gasteiger partial charge in [-0.05, 0) is 41.5 Å². The van der Waals surface area contributed by atoms with Crippen LogP contribution in [-0.4, -0.2) is 23.8 Å². The molecule has 1 aliphatic heterocycles. The zero-order valence-corrected chi connectivity index (χ0v) is 14.2. The summed E-state index contributed by atoms with van der Waals surface area (Å²) >= 11 is 0. The third kappa shape index (κ3) is 3.71. The van der Waals surface area contributed by atoms with Crippen molar-refractivity contribution in [2.24, 2.45) is 0 Å². The van der Waals surface area contributed by atoms with Crippen molar-refractivity contribution < 1.29 is 14.3 Å². The van der Waals surface area contributed by atoms with Gasteiger partial charge in [0.15, 0.2) is 0 Å². The molecule has 0 aromatic heterocycles. The molecule has 0 bridgehead atoms. The van der Waals surface area contributed by atoms with E-state index in [-0.39, 0.29) is 24.3 Å². The van der Waals surface area contributed by atoms with Gasteiger partial charge in [0.25, 0.3) is 0 Å². The van der Waals surface area contributed by atoms with Gasteiger partial charge in [-0.2, -0.15) is 0 Å². The van der Waals surface area contributed by atoms with Gasteiger partial charge in [-0.3, -0.25) is 9.59 Å². The van der Waals surface area contributed by atoms with Crippen molar-refractivity contribution in [3.63, 3.8) is 0 Å². The van der Waals surface area contributed by atoms with Gasteiger partial charge >= 0.3 is 0 Å². The molecule has 2 aromatic rings. The van der Waals surface area contributed by atoms with E-state index in [4.69, 9.17) is 4.74 Å². The molecule has 0 fully saturated rings. The van der Waals surface area contributed by atoms with E-state index in [2.05, 4.69) is 5.32 Å². The molecule has 1 N–H and O–H groups in total. The highest BCUT2D eigenvalue weighted by Gasteiger charge is 2.28. The molecule has 0 saturated carbocycles. The molecule has 0 radical (unpaired) electrons. The Bertz CT molecular complexity index is 812.